The number of anilines is 1. The second-order valence-corrected chi connectivity index (χ2v) is 7.74. The van der Waals surface area contributed by atoms with Gasteiger partial charge in [-0.1, -0.05) is 15.9 Å². The van der Waals surface area contributed by atoms with Crippen LogP contribution in [0.1, 0.15) is 26.2 Å². The zero-order valence-electron chi connectivity index (χ0n) is 14.3. The summed E-state index contributed by atoms with van der Waals surface area (Å²) < 4.78 is 1.05. The van der Waals surface area contributed by atoms with Crippen molar-refractivity contribution in [1.29, 1.82) is 0 Å². The minimum Gasteiger partial charge on any atom is -0.368 e. The molecule has 2 aliphatic heterocycles. The quantitative estimate of drug-likeness (QED) is 0.771. The van der Waals surface area contributed by atoms with Gasteiger partial charge in [0.25, 0.3) is 0 Å². The fourth-order valence-corrected chi connectivity index (χ4v) is 3.61. The summed E-state index contributed by atoms with van der Waals surface area (Å²) in [5, 5.41) is 2.70. The van der Waals surface area contributed by atoms with Crippen LogP contribution in [0, 0.1) is 0 Å². The Kier molecular flexibility index (Phi) is 5.13. The fraction of sp³-hybridized carbons (Fsp3) is 0.500. The van der Waals surface area contributed by atoms with E-state index < -0.39 is 5.54 Å². The number of benzene rings is 1. The number of rotatable bonds is 4. The molecule has 0 saturated carbocycles. The van der Waals surface area contributed by atoms with Gasteiger partial charge in [-0.3, -0.25) is 14.4 Å². The van der Waals surface area contributed by atoms with Crippen molar-refractivity contribution in [3.8, 4) is 0 Å². The maximum atomic E-state index is 12.5. The average molecular weight is 408 g/mol. The predicted octanol–water partition coefficient (Wildman–Crippen LogP) is 1.73. The van der Waals surface area contributed by atoms with Gasteiger partial charge in [0.1, 0.15) is 0 Å². The third-order valence-electron chi connectivity index (χ3n) is 5.01. The number of hydrogen-bond donors (Lipinski definition) is 1. The monoisotopic (exact) mass is 407 g/mol. The molecular formula is C18H22BrN3O3. The van der Waals surface area contributed by atoms with Gasteiger partial charge in [-0.25, -0.2) is 0 Å². The molecule has 1 atom stereocenters. The first kappa shape index (κ1) is 17.9. The molecule has 2 aliphatic rings. The van der Waals surface area contributed by atoms with E-state index in [0.29, 0.717) is 19.5 Å². The van der Waals surface area contributed by atoms with Crippen LogP contribution in [0.15, 0.2) is 28.7 Å². The van der Waals surface area contributed by atoms with E-state index in [4.69, 9.17) is 0 Å². The maximum Gasteiger partial charge on any atom is 0.228 e. The van der Waals surface area contributed by atoms with Gasteiger partial charge in [-0.15, -0.1) is 0 Å². The van der Waals surface area contributed by atoms with Crippen molar-refractivity contribution in [1.82, 2.24) is 10.2 Å². The smallest absolute Gasteiger partial charge is 0.228 e. The van der Waals surface area contributed by atoms with Gasteiger partial charge in [0.2, 0.25) is 11.8 Å². The minimum absolute atomic E-state index is 0.0469. The maximum absolute atomic E-state index is 12.5. The Bertz CT molecular complexity index is 683. The Morgan fingerprint density at radius 1 is 1.16 bits per heavy atom. The zero-order valence-corrected chi connectivity index (χ0v) is 15.8. The number of carbonyl (C=O) groups excluding carboxylic acids is 3. The Labute approximate surface area is 155 Å². The highest BCUT2D eigenvalue weighted by atomic mass is 79.9. The van der Waals surface area contributed by atoms with Gasteiger partial charge in [0.15, 0.2) is 5.78 Å². The zero-order chi connectivity index (χ0) is 18.0. The van der Waals surface area contributed by atoms with Gasteiger partial charge in [0, 0.05) is 42.8 Å². The topological polar surface area (TPSA) is 69.7 Å². The Balaban J connectivity index is 1.49. The standard InChI is InChI=1S/C18H22BrN3O3/c1-18(15(23)12-16(24)20-18)7-6-17(25)22-10-8-21(9-11-22)14-4-2-13(19)3-5-14/h2-5H,6-12H2,1H3,(H,20,24). The van der Waals surface area contributed by atoms with Gasteiger partial charge >= 0.3 is 0 Å². The molecule has 1 aromatic rings. The third kappa shape index (κ3) is 4.03. The van der Waals surface area contributed by atoms with Crippen LogP contribution in [-0.2, 0) is 14.4 Å². The number of carbonyl (C=O) groups is 3. The van der Waals surface area contributed by atoms with Gasteiger partial charge in [-0.05, 0) is 37.6 Å². The summed E-state index contributed by atoms with van der Waals surface area (Å²) in [5.74, 6) is -0.320. The molecule has 25 heavy (non-hydrogen) atoms. The summed E-state index contributed by atoms with van der Waals surface area (Å²) in [6, 6.07) is 8.16. The molecule has 3 rings (SSSR count). The van der Waals surface area contributed by atoms with Crippen molar-refractivity contribution >= 4 is 39.2 Å². The molecule has 2 saturated heterocycles. The lowest BCUT2D eigenvalue weighted by atomic mass is 9.92. The normalized spacial score (nSPS) is 23.8. The highest BCUT2D eigenvalue weighted by molar-refractivity contribution is 9.10. The molecule has 1 aromatic carbocycles. The van der Waals surface area contributed by atoms with Crippen molar-refractivity contribution in [3.05, 3.63) is 28.7 Å². The van der Waals surface area contributed by atoms with E-state index in [1.165, 1.54) is 0 Å². The first-order valence-corrected chi connectivity index (χ1v) is 9.29. The predicted molar refractivity (Wildman–Crippen MR) is 98.3 cm³/mol. The Morgan fingerprint density at radius 3 is 2.36 bits per heavy atom. The molecule has 2 amide bonds. The Morgan fingerprint density at radius 2 is 1.80 bits per heavy atom. The molecule has 0 spiro atoms. The molecular weight excluding hydrogens is 386 g/mol. The van der Waals surface area contributed by atoms with E-state index in [1.54, 1.807) is 6.92 Å². The molecule has 1 unspecified atom stereocenters. The summed E-state index contributed by atoms with van der Waals surface area (Å²) in [7, 11) is 0. The first-order valence-electron chi connectivity index (χ1n) is 8.50. The van der Waals surface area contributed by atoms with Crippen LogP contribution >= 0.6 is 15.9 Å². The second-order valence-electron chi connectivity index (χ2n) is 6.82. The molecule has 2 heterocycles. The van der Waals surface area contributed by atoms with E-state index in [9.17, 15) is 14.4 Å². The number of ketones is 1. The van der Waals surface area contributed by atoms with Crippen LogP contribution in [0.2, 0.25) is 0 Å². The van der Waals surface area contributed by atoms with Crippen LogP contribution in [0.25, 0.3) is 0 Å². The molecule has 1 N–H and O–H groups in total. The summed E-state index contributed by atoms with van der Waals surface area (Å²) in [4.78, 5) is 39.8. The van der Waals surface area contributed by atoms with Crippen molar-refractivity contribution < 1.29 is 14.4 Å². The number of Topliss-reactive ketones (excluding diaryl/α,β-unsaturated/α-hetero) is 1. The van der Waals surface area contributed by atoms with Crippen LogP contribution < -0.4 is 10.2 Å². The molecule has 6 nitrogen and oxygen atoms in total. The molecule has 2 fully saturated rings. The molecule has 0 radical (unpaired) electrons. The van der Waals surface area contributed by atoms with E-state index >= 15 is 0 Å². The minimum atomic E-state index is -0.883. The molecule has 0 bridgehead atoms. The van der Waals surface area contributed by atoms with Crippen molar-refractivity contribution in [2.24, 2.45) is 0 Å². The van der Waals surface area contributed by atoms with Crippen molar-refractivity contribution in [2.45, 2.75) is 31.7 Å². The average Bonchev–Trinajstić information content (AvgIpc) is 2.86. The highest BCUT2D eigenvalue weighted by Crippen LogP contribution is 2.23. The van der Waals surface area contributed by atoms with Gasteiger partial charge in [0.05, 0.1) is 12.0 Å². The number of amides is 2. The summed E-state index contributed by atoms with van der Waals surface area (Å²) in [5.41, 5.74) is 0.272. The van der Waals surface area contributed by atoms with E-state index in [-0.39, 0.29) is 30.4 Å². The number of nitrogens with zero attached hydrogens (tertiary/aromatic N) is 2. The highest BCUT2D eigenvalue weighted by Gasteiger charge is 2.41. The van der Waals surface area contributed by atoms with Gasteiger partial charge < -0.3 is 15.1 Å². The molecule has 0 aliphatic carbocycles. The largest absolute Gasteiger partial charge is 0.368 e. The summed E-state index contributed by atoms with van der Waals surface area (Å²) in [6.07, 6.45) is 0.570. The van der Waals surface area contributed by atoms with Gasteiger partial charge in [-0.2, -0.15) is 0 Å². The second kappa shape index (κ2) is 7.15. The lowest BCUT2D eigenvalue weighted by Gasteiger charge is -2.36. The summed E-state index contributed by atoms with van der Waals surface area (Å²) in [6.45, 7) is 4.64. The summed E-state index contributed by atoms with van der Waals surface area (Å²) >= 11 is 3.43. The van der Waals surface area contributed by atoms with Crippen molar-refractivity contribution in [2.75, 3.05) is 31.1 Å². The van der Waals surface area contributed by atoms with E-state index in [0.717, 1.165) is 23.2 Å². The number of halogens is 1. The number of hydrogen-bond acceptors (Lipinski definition) is 4. The first-order chi connectivity index (χ1) is 11.9. The fourth-order valence-electron chi connectivity index (χ4n) is 3.35. The third-order valence-corrected chi connectivity index (χ3v) is 5.54. The number of nitrogens with one attached hydrogen (secondary N) is 1. The van der Waals surface area contributed by atoms with Crippen LogP contribution in [0.5, 0.6) is 0 Å². The SMILES string of the molecule is CC1(CCC(=O)N2CCN(c3ccc(Br)cc3)CC2)NC(=O)CC1=O. The Hall–Kier alpha value is -1.89. The lowest BCUT2D eigenvalue weighted by Crippen LogP contribution is -2.50. The molecule has 7 heteroatoms. The van der Waals surface area contributed by atoms with E-state index in [1.807, 2.05) is 17.0 Å². The van der Waals surface area contributed by atoms with Crippen LogP contribution in [-0.4, -0.2) is 54.2 Å². The molecule has 0 aromatic heterocycles. The lowest BCUT2D eigenvalue weighted by molar-refractivity contribution is -0.132. The van der Waals surface area contributed by atoms with E-state index in [2.05, 4.69) is 38.3 Å². The van der Waals surface area contributed by atoms with Crippen LogP contribution in [0.3, 0.4) is 0 Å². The molecule has 134 valence electrons. The van der Waals surface area contributed by atoms with Crippen molar-refractivity contribution in [3.63, 3.8) is 0 Å². The van der Waals surface area contributed by atoms with Crippen LogP contribution in [0.4, 0.5) is 5.69 Å². The number of piperazine rings is 1.